The molecule has 0 saturated heterocycles. The molecular weight excluding hydrogens is 711 g/mol. The van der Waals surface area contributed by atoms with E-state index in [4.69, 9.17) is 19.9 Å². The van der Waals surface area contributed by atoms with Crippen LogP contribution < -0.4 is 5.73 Å². The van der Waals surface area contributed by atoms with Crippen LogP contribution in [0.2, 0.25) is 0 Å². The SMILES string of the molecule is CCCCCC/C=C\COC(=O)CCCCCCCC(=O)OC(CCCCCC)CCCCCCC.CCCCCCCC(CCCCCC)OC(=O)CCCN. The second-order valence-electron chi connectivity index (χ2n) is 16.5. The van der Waals surface area contributed by atoms with Crippen LogP contribution in [-0.4, -0.2) is 43.3 Å². The van der Waals surface area contributed by atoms with Crippen molar-refractivity contribution in [2.45, 2.75) is 278 Å². The lowest BCUT2D eigenvalue weighted by atomic mass is 10.0. The molecule has 0 radical (unpaired) electrons. The van der Waals surface area contributed by atoms with E-state index >= 15 is 0 Å². The van der Waals surface area contributed by atoms with Crippen LogP contribution >= 0.6 is 0 Å². The molecule has 2 N–H and O–H groups in total. The summed E-state index contributed by atoms with van der Waals surface area (Å²) < 4.78 is 16.8. The molecule has 0 saturated carbocycles. The number of ether oxygens (including phenoxy) is 3. The van der Waals surface area contributed by atoms with Crippen molar-refractivity contribution >= 4 is 17.9 Å². The van der Waals surface area contributed by atoms with Crippen molar-refractivity contribution in [2.24, 2.45) is 5.73 Å². The molecule has 0 fully saturated rings. The number of rotatable bonds is 42. The Morgan fingerprint density at radius 2 is 0.737 bits per heavy atom. The molecule has 57 heavy (non-hydrogen) atoms. The van der Waals surface area contributed by atoms with Crippen molar-refractivity contribution in [3.8, 4) is 0 Å². The van der Waals surface area contributed by atoms with Gasteiger partial charge in [0.05, 0.1) is 0 Å². The summed E-state index contributed by atoms with van der Waals surface area (Å²) in [6.45, 7) is 12.1. The van der Waals surface area contributed by atoms with E-state index in [0.29, 0.717) is 32.4 Å². The van der Waals surface area contributed by atoms with E-state index in [-0.39, 0.29) is 30.1 Å². The zero-order chi connectivity index (χ0) is 42.3. The average Bonchev–Trinajstić information content (AvgIpc) is 3.20. The zero-order valence-electron chi connectivity index (χ0n) is 38.7. The average molecular weight is 808 g/mol. The highest BCUT2D eigenvalue weighted by Crippen LogP contribution is 2.19. The van der Waals surface area contributed by atoms with Gasteiger partial charge in [-0.1, -0.05) is 175 Å². The maximum atomic E-state index is 12.4. The summed E-state index contributed by atoms with van der Waals surface area (Å²) in [7, 11) is 0. The van der Waals surface area contributed by atoms with Crippen molar-refractivity contribution < 1.29 is 28.6 Å². The van der Waals surface area contributed by atoms with Crippen LogP contribution in [0.25, 0.3) is 0 Å². The van der Waals surface area contributed by atoms with Gasteiger partial charge in [0.1, 0.15) is 18.8 Å². The zero-order valence-corrected chi connectivity index (χ0v) is 38.7. The van der Waals surface area contributed by atoms with E-state index in [0.717, 1.165) is 70.6 Å². The number of hydrogen-bond acceptors (Lipinski definition) is 7. The van der Waals surface area contributed by atoms with Crippen LogP contribution in [0, 0.1) is 0 Å². The highest BCUT2D eigenvalue weighted by Gasteiger charge is 2.15. The number of hydrogen-bond donors (Lipinski definition) is 1. The van der Waals surface area contributed by atoms with Crippen LogP contribution in [0.15, 0.2) is 12.2 Å². The summed E-state index contributed by atoms with van der Waals surface area (Å²) in [5, 5.41) is 0. The molecule has 0 aliphatic heterocycles. The number of carbonyl (C=O) groups excluding carboxylic acids is 3. The minimum atomic E-state index is -0.103. The van der Waals surface area contributed by atoms with Crippen LogP contribution in [-0.2, 0) is 28.6 Å². The summed E-state index contributed by atoms with van der Waals surface area (Å²) in [6, 6.07) is 0. The molecule has 2 atom stereocenters. The summed E-state index contributed by atoms with van der Waals surface area (Å²) >= 11 is 0. The molecule has 0 aromatic carbocycles. The van der Waals surface area contributed by atoms with Gasteiger partial charge in [-0.3, -0.25) is 14.4 Å². The first-order valence-electron chi connectivity index (χ1n) is 24.8. The lowest BCUT2D eigenvalue weighted by Crippen LogP contribution is -2.19. The third-order valence-corrected chi connectivity index (χ3v) is 10.7. The third-order valence-electron chi connectivity index (χ3n) is 10.7. The number of carbonyl (C=O) groups is 3. The molecule has 0 heterocycles. The molecule has 0 bridgehead atoms. The lowest BCUT2D eigenvalue weighted by Gasteiger charge is -2.18. The Bertz CT molecular complexity index is 877. The van der Waals surface area contributed by atoms with E-state index in [1.54, 1.807) is 0 Å². The van der Waals surface area contributed by atoms with Crippen molar-refractivity contribution in [1.82, 2.24) is 0 Å². The first-order valence-corrected chi connectivity index (χ1v) is 24.8. The predicted octanol–water partition coefficient (Wildman–Crippen LogP) is 15.0. The fraction of sp³-hybridized carbons (Fsp3) is 0.900. The van der Waals surface area contributed by atoms with Gasteiger partial charge in [0, 0.05) is 19.3 Å². The van der Waals surface area contributed by atoms with Crippen LogP contribution in [0.5, 0.6) is 0 Å². The van der Waals surface area contributed by atoms with Gasteiger partial charge < -0.3 is 19.9 Å². The summed E-state index contributed by atoms with van der Waals surface area (Å²) in [6.07, 6.45) is 44.1. The Hall–Kier alpha value is -1.89. The van der Waals surface area contributed by atoms with Crippen LogP contribution in [0.1, 0.15) is 266 Å². The number of nitrogens with two attached hydrogens (primary N) is 1. The standard InChI is InChI=1S/C32H60O4.C18H37NO2/c1-4-7-10-13-14-19-24-29-35-31(33)27-22-17-15-18-23-28-32(34)36-30(25-20-12-9-6-3)26-21-16-11-8-5-2;1-3-5-7-9-11-14-17(13-10-8-6-4-2)21-18(20)15-12-16-19/h19,24,30H,4-18,20-23,25-29H2,1-3H3;17H,3-16,19H2,1-2H3/b24-19-;. The molecule has 7 heteroatoms. The smallest absolute Gasteiger partial charge is 0.306 e. The minimum absolute atomic E-state index is 0.0222. The Kier molecular flexibility index (Phi) is 48.7. The topological polar surface area (TPSA) is 105 Å². The van der Waals surface area contributed by atoms with Gasteiger partial charge in [0.25, 0.3) is 0 Å². The van der Waals surface area contributed by atoms with Gasteiger partial charge in [-0.2, -0.15) is 0 Å². The van der Waals surface area contributed by atoms with Crippen LogP contribution in [0.3, 0.4) is 0 Å². The van der Waals surface area contributed by atoms with E-state index in [1.165, 1.54) is 141 Å². The summed E-state index contributed by atoms with van der Waals surface area (Å²) in [5.41, 5.74) is 5.44. The van der Waals surface area contributed by atoms with Gasteiger partial charge in [0.2, 0.25) is 0 Å². The molecule has 0 aliphatic carbocycles. The highest BCUT2D eigenvalue weighted by molar-refractivity contribution is 5.70. The van der Waals surface area contributed by atoms with E-state index in [9.17, 15) is 14.4 Å². The Labute approximate surface area is 354 Å². The van der Waals surface area contributed by atoms with Gasteiger partial charge in [-0.05, 0) is 90.0 Å². The summed E-state index contributed by atoms with van der Waals surface area (Å²) in [5.74, 6) is -0.186. The maximum absolute atomic E-state index is 12.4. The highest BCUT2D eigenvalue weighted by atomic mass is 16.5. The molecule has 338 valence electrons. The van der Waals surface area contributed by atoms with Gasteiger partial charge in [0.15, 0.2) is 0 Å². The normalized spacial score (nSPS) is 12.2. The monoisotopic (exact) mass is 808 g/mol. The second-order valence-corrected chi connectivity index (χ2v) is 16.5. The largest absolute Gasteiger partial charge is 0.462 e. The Morgan fingerprint density at radius 1 is 0.404 bits per heavy atom. The van der Waals surface area contributed by atoms with Gasteiger partial charge in [-0.25, -0.2) is 0 Å². The molecule has 0 amide bonds. The van der Waals surface area contributed by atoms with Crippen molar-refractivity contribution in [3.63, 3.8) is 0 Å². The molecule has 0 aliphatic rings. The molecule has 0 rings (SSSR count). The number of allylic oxidation sites excluding steroid dienone is 1. The van der Waals surface area contributed by atoms with Gasteiger partial charge in [-0.15, -0.1) is 0 Å². The molecule has 7 nitrogen and oxygen atoms in total. The van der Waals surface area contributed by atoms with E-state index in [2.05, 4.69) is 40.7 Å². The van der Waals surface area contributed by atoms with Gasteiger partial charge >= 0.3 is 17.9 Å². The van der Waals surface area contributed by atoms with E-state index < -0.39 is 0 Å². The quantitative estimate of drug-likeness (QED) is 0.0283. The molecular formula is C50H97NO6. The molecule has 0 aromatic rings. The molecule has 0 aromatic heterocycles. The Morgan fingerprint density at radius 3 is 1.16 bits per heavy atom. The molecule has 0 spiro atoms. The predicted molar refractivity (Wildman–Crippen MR) is 243 cm³/mol. The fourth-order valence-electron chi connectivity index (χ4n) is 6.97. The summed E-state index contributed by atoms with van der Waals surface area (Å²) in [4.78, 5) is 36.0. The van der Waals surface area contributed by atoms with Crippen molar-refractivity contribution in [1.29, 1.82) is 0 Å². The first-order chi connectivity index (χ1) is 27.9. The van der Waals surface area contributed by atoms with Crippen LogP contribution in [0.4, 0.5) is 0 Å². The number of unbranched alkanes of at least 4 members (excludes halogenated alkanes) is 22. The van der Waals surface area contributed by atoms with Crippen molar-refractivity contribution in [2.75, 3.05) is 13.2 Å². The molecule has 2 unspecified atom stereocenters. The third kappa shape index (κ3) is 46.7. The lowest BCUT2D eigenvalue weighted by molar-refractivity contribution is -0.151. The second kappa shape index (κ2) is 48.5. The minimum Gasteiger partial charge on any atom is -0.462 e. The van der Waals surface area contributed by atoms with E-state index in [1.807, 2.05) is 6.08 Å². The first kappa shape index (κ1) is 57.2. The Balaban J connectivity index is 0. The maximum Gasteiger partial charge on any atom is 0.306 e. The fourth-order valence-corrected chi connectivity index (χ4v) is 6.97. The number of esters is 3. The van der Waals surface area contributed by atoms with Crippen molar-refractivity contribution in [3.05, 3.63) is 12.2 Å².